The molecule has 0 aliphatic carbocycles. The summed E-state index contributed by atoms with van der Waals surface area (Å²) in [6, 6.07) is 19.0. The third-order valence-electron chi connectivity index (χ3n) is 6.72. The summed E-state index contributed by atoms with van der Waals surface area (Å²) in [5.41, 5.74) is 5.97. The summed E-state index contributed by atoms with van der Waals surface area (Å²) in [6.45, 7) is 3.34. The van der Waals surface area contributed by atoms with Gasteiger partial charge in [0.15, 0.2) is 5.82 Å². The largest absolute Gasteiger partial charge is 0.338 e. The predicted molar refractivity (Wildman–Crippen MR) is 146 cm³/mol. The number of anilines is 2. The van der Waals surface area contributed by atoms with E-state index >= 15 is 0 Å². The van der Waals surface area contributed by atoms with Gasteiger partial charge < -0.3 is 10.6 Å². The molecule has 4 aromatic heterocycles. The maximum atomic E-state index is 13.6. The van der Waals surface area contributed by atoms with Gasteiger partial charge in [0.05, 0.1) is 18.3 Å². The fourth-order valence-corrected chi connectivity index (χ4v) is 4.82. The van der Waals surface area contributed by atoms with Crippen molar-refractivity contribution in [2.75, 3.05) is 5.32 Å². The highest BCUT2D eigenvalue weighted by atomic mass is 19.1. The molecule has 1 unspecified atom stereocenters. The average molecular weight is 507 g/mol. The van der Waals surface area contributed by atoms with Crippen molar-refractivity contribution in [3.8, 4) is 0 Å². The van der Waals surface area contributed by atoms with Gasteiger partial charge in [-0.2, -0.15) is 10.2 Å². The van der Waals surface area contributed by atoms with Crippen LogP contribution >= 0.6 is 0 Å². The molecule has 9 heteroatoms. The van der Waals surface area contributed by atoms with Crippen LogP contribution in [-0.2, 0) is 13.1 Å². The molecule has 6 rings (SSSR count). The first kappa shape index (κ1) is 23.7. The fraction of sp³-hybridized carbons (Fsp3) is 0.172. The molecule has 6 aromatic rings. The van der Waals surface area contributed by atoms with E-state index in [9.17, 15) is 4.39 Å². The van der Waals surface area contributed by atoms with Crippen LogP contribution in [0.1, 0.15) is 36.1 Å². The highest BCUT2D eigenvalue weighted by molar-refractivity contribution is 5.85. The van der Waals surface area contributed by atoms with E-state index in [-0.39, 0.29) is 11.9 Å². The van der Waals surface area contributed by atoms with E-state index in [0.717, 1.165) is 45.5 Å². The van der Waals surface area contributed by atoms with Crippen LogP contribution in [0.25, 0.3) is 16.4 Å². The second kappa shape index (κ2) is 10.4. The van der Waals surface area contributed by atoms with E-state index in [2.05, 4.69) is 43.8 Å². The number of nitrogens with one attached hydrogen (secondary N) is 2. The van der Waals surface area contributed by atoms with Crippen LogP contribution < -0.4 is 10.6 Å². The van der Waals surface area contributed by atoms with Gasteiger partial charge in [-0.1, -0.05) is 19.1 Å². The minimum absolute atomic E-state index is 0.223. The highest BCUT2D eigenvalue weighted by Gasteiger charge is 2.14. The van der Waals surface area contributed by atoms with Gasteiger partial charge in [-0.3, -0.25) is 9.67 Å². The van der Waals surface area contributed by atoms with Crippen molar-refractivity contribution < 1.29 is 4.39 Å². The van der Waals surface area contributed by atoms with E-state index in [1.54, 1.807) is 12.4 Å². The molecule has 0 fully saturated rings. The van der Waals surface area contributed by atoms with E-state index < -0.39 is 0 Å². The zero-order chi connectivity index (χ0) is 25.9. The first-order chi connectivity index (χ1) is 18.7. The summed E-state index contributed by atoms with van der Waals surface area (Å²) >= 11 is 0. The van der Waals surface area contributed by atoms with Crippen LogP contribution in [0.5, 0.6) is 0 Å². The van der Waals surface area contributed by atoms with E-state index in [1.807, 2.05) is 70.4 Å². The zero-order valence-electron chi connectivity index (χ0n) is 20.9. The molecule has 4 heterocycles. The van der Waals surface area contributed by atoms with E-state index in [1.165, 1.54) is 17.7 Å². The van der Waals surface area contributed by atoms with Gasteiger partial charge >= 0.3 is 0 Å². The normalized spacial score (nSPS) is 12.3. The molecule has 2 aromatic carbocycles. The smallest absolute Gasteiger partial charge is 0.158 e. The second-order valence-corrected chi connectivity index (χ2v) is 9.20. The number of hydrogen-bond donors (Lipinski definition) is 2. The molecule has 0 aliphatic heterocycles. The lowest BCUT2D eigenvalue weighted by molar-refractivity contribution is 0.520. The molecule has 0 bridgehead atoms. The quantitative estimate of drug-likeness (QED) is 0.264. The van der Waals surface area contributed by atoms with E-state index in [0.29, 0.717) is 13.1 Å². The van der Waals surface area contributed by atoms with Gasteiger partial charge in [0.25, 0.3) is 0 Å². The van der Waals surface area contributed by atoms with Crippen molar-refractivity contribution in [1.82, 2.24) is 34.7 Å². The summed E-state index contributed by atoms with van der Waals surface area (Å²) < 4.78 is 17.3. The van der Waals surface area contributed by atoms with Crippen molar-refractivity contribution in [3.05, 3.63) is 114 Å². The molecule has 0 aliphatic rings. The molecule has 190 valence electrons. The average Bonchev–Trinajstić information content (AvgIpc) is 3.54. The summed E-state index contributed by atoms with van der Waals surface area (Å²) in [7, 11) is 0. The standard InChI is InChI=1S/C29H27FN8/c1-2-26(21-8-11-31-12-9-21)32-16-22-10-13-37-28(22)29(33-19-35-37)36-25-6-7-27-23(15-25)17-34-38(27)18-20-4-3-5-24(30)14-20/h3-15,17,19,26,32H,2,16,18H2,1H3,(H,33,35,36). The molecular formula is C29H27FN8. The maximum Gasteiger partial charge on any atom is 0.158 e. The molecule has 0 saturated carbocycles. The molecule has 0 spiro atoms. The van der Waals surface area contributed by atoms with Gasteiger partial charge in [0.1, 0.15) is 17.7 Å². The summed E-state index contributed by atoms with van der Waals surface area (Å²) in [5, 5.41) is 17.0. The highest BCUT2D eigenvalue weighted by Crippen LogP contribution is 2.27. The lowest BCUT2D eigenvalue weighted by Gasteiger charge is -2.17. The van der Waals surface area contributed by atoms with Crippen LogP contribution in [0.2, 0.25) is 0 Å². The first-order valence-electron chi connectivity index (χ1n) is 12.6. The number of nitrogens with zero attached hydrogens (tertiary/aromatic N) is 6. The molecule has 2 N–H and O–H groups in total. The van der Waals surface area contributed by atoms with Crippen molar-refractivity contribution in [2.45, 2.75) is 32.5 Å². The minimum Gasteiger partial charge on any atom is -0.338 e. The summed E-state index contributed by atoms with van der Waals surface area (Å²) in [4.78, 5) is 8.69. The van der Waals surface area contributed by atoms with Gasteiger partial charge in [-0.25, -0.2) is 13.9 Å². The van der Waals surface area contributed by atoms with Gasteiger partial charge in [-0.05, 0) is 71.6 Å². The summed E-state index contributed by atoms with van der Waals surface area (Å²) in [6.07, 6.45) is 9.94. The Bertz CT molecular complexity index is 1690. The zero-order valence-corrected chi connectivity index (χ0v) is 20.9. The fourth-order valence-electron chi connectivity index (χ4n) is 4.82. The molecule has 8 nitrogen and oxygen atoms in total. The minimum atomic E-state index is -0.246. The summed E-state index contributed by atoms with van der Waals surface area (Å²) in [5.74, 6) is 0.481. The SMILES string of the molecule is CCC(NCc1ccn2ncnc(Nc3ccc4c(cnn4Cc4cccc(F)c4)c3)c12)c1ccncc1. The Hall–Kier alpha value is -4.63. The Morgan fingerprint density at radius 1 is 1.00 bits per heavy atom. The number of hydrogen-bond acceptors (Lipinski definition) is 6. The topological polar surface area (TPSA) is 85.0 Å². The Morgan fingerprint density at radius 2 is 1.89 bits per heavy atom. The Labute approximate surface area is 219 Å². The van der Waals surface area contributed by atoms with Crippen LogP contribution in [0.4, 0.5) is 15.9 Å². The Balaban J connectivity index is 1.23. The molecule has 0 saturated heterocycles. The van der Waals surface area contributed by atoms with Gasteiger partial charge in [-0.15, -0.1) is 0 Å². The van der Waals surface area contributed by atoms with Gasteiger partial charge in [0, 0.05) is 42.3 Å². The van der Waals surface area contributed by atoms with Gasteiger partial charge in [0.2, 0.25) is 0 Å². The molecule has 0 radical (unpaired) electrons. The number of fused-ring (bicyclic) bond motifs is 2. The molecule has 0 amide bonds. The van der Waals surface area contributed by atoms with Crippen molar-refractivity contribution in [1.29, 1.82) is 0 Å². The van der Waals surface area contributed by atoms with Crippen molar-refractivity contribution in [3.63, 3.8) is 0 Å². The molecule has 38 heavy (non-hydrogen) atoms. The Kier molecular flexibility index (Phi) is 6.49. The first-order valence-corrected chi connectivity index (χ1v) is 12.6. The number of pyridine rings is 1. The monoisotopic (exact) mass is 506 g/mol. The number of halogens is 1. The number of rotatable bonds is 9. The number of benzene rings is 2. The van der Waals surface area contributed by atoms with Crippen molar-refractivity contribution in [2.24, 2.45) is 0 Å². The molecular weight excluding hydrogens is 479 g/mol. The molecule has 1 atom stereocenters. The lowest BCUT2D eigenvalue weighted by Crippen LogP contribution is -2.20. The van der Waals surface area contributed by atoms with E-state index in [4.69, 9.17) is 0 Å². The van der Waals surface area contributed by atoms with Crippen LogP contribution in [-0.4, -0.2) is 29.4 Å². The maximum absolute atomic E-state index is 13.6. The van der Waals surface area contributed by atoms with Crippen molar-refractivity contribution >= 4 is 27.9 Å². The lowest BCUT2D eigenvalue weighted by atomic mass is 10.1. The number of aromatic nitrogens is 6. The van der Waals surface area contributed by atoms with Crippen LogP contribution in [0, 0.1) is 5.82 Å². The van der Waals surface area contributed by atoms with Crippen LogP contribution in [0.15, 0.2) is 91.8 Å². The predicted octanol–water partition coefficient (Wildman–Crippen LogP) is 5.65. The third kappa shape index (κ3) is 4.83. The van der Waals surface area contributed by atoms with Crippen LogP contribution in [0.3, 0.4) is 0 Å². The second-order valence-electron chi connectivity index (χ2n) is 9.20. The third-order valence-corrected chi connectivity index (χ3v) is 6.72. The Morgan fingerprint density at radius 3 is 2.74 bits per heavy atom.